The minimum Gasteiger partial charge on any atom is -0.377 e. The first kappa shape index (κ1) is 23.5. The summed E-state index contributed by atoms with van der Waals surface area (Å²) in [6.45, 7) is 10.1. The van der Waals surface area contributed by atoms with E-state index in [1.807, 2.05) is 17.2 Å². The molecule has 0 unspecified atom stereocenters. The van der Waals surface area contributed by atoms with Gasteiger partial charge >= 0.3 is 6.03 Å². The summed E-state index contributed by atoms with van der Waals surface area (Å²) in [5, 5.41) is 15.9. The van der Waals surface area contributed by atoms with Crippen LogP contribution in [0.3, 0.4) is 0 Å². The number of pyridine rings is 1. The van der Waals surface area contributed by atoms with Gasteiger partial charge in [-0.1, -0.05) is 0 Å². The average molecular weight is 501 g/mol. The molecule has 0 saturated carbocycles. The summed E-state index contributed by atoms with van der Waals surface area (Å²) >= 11 is 0. The van der Waals surface area contributed by atoms with E-state index in [2.05, 4.69) is 64.5 Å². The minimum atomic E-state index is -0.0285. The van der Waals surface area contributed by atoms with Crippen LogP contribution in [0.15, 0.2) is 36.7 Å². The Kier molecular flexibility index (Phi) is 6.03. The van der Waals surface area contributed by atoms with Crippen LogP contribution in [0.25, 0.3) is 28.0 Å². The van der Waals surface area contributed by atoms with Crippen molar-refractivity contribution in [3.05, 3.63) is 47.8 Å². The van der Waals surface area contributed by atoms with Crippen LogP contribution >= 0.6 is 0 Å². The summed E-state index contributed by atoms with van der Waals surface area (Å²) in [4.78, 5) is 21.9. The van der Waals surface area contributed by atoms with Gasteiger partial charge < -0.3 is 19.9 Å². The number of nitrogens with one attached hydrogen (secondary N) is 2. The number of aryl methyl sites for hydroxylation is 2. The van der Waals surface area contributed by atoms with Gasteiger partial charge in [0.1, 0.15) is 5.82 Å². The molecule has 2 saturated heterocycles. The Bertz CT molecular complexity index is 1420. The molecule has 2 aliphatic rings. The van der Waals surface area contributed by atoms with Crippen LogP contribution in [-0.4, -0.2) is 74.8 Å². The summed E-state index contributed by atoms with van der Waals surface area (Å²) in [7, 11) is 0. The molecular formula is C27H32N8O2. The van der Waals surface area contributed by atoms with Gasteiger partial charge in [0.05, 0.1) is 25.5 Å². The number of H-pyrrole nitrogens is 1. The van der Waals surface area contributed by atoms with Crippen LogP contribution in [0.2, 0.25) is 0 Å². The molecular weight excluding hydrogens is 468 g/mol. The maximum absolute atomic E-state index is 12.7. The molecule has 2 amide bonds. The van der Waals surface area contributed by atoms with E-state index < -0.39 is 0 Å². The van der Waals surface area contributed by atoms with Crippen LogP contribution in [0, 0.1) is 13.8 Å². The number of aromatic amines is 1. The Labute approximate surface area is 215 Å². The van der Waals surface area contributed by atoms with E-state index in [0.29, 0.717) is 19.0 Å². The van der Waals surface area contributed by atoms with Crippen molar-refractivity contribution in [1.82, 2.24) is 29.9 Å². The molecule has 37 heavy (non-hydrogen) atoms. The number of carbonyl (C=O) groups excluding carboxylic acids is 1. The van der Waals surface area contributed by atoms with Gasteiger partial charge in [-0.25, -0.2) is 9.78 Å². The van der Waals surface area contributed by atoms with E-state index in [-0.39, 0.29) is 12.1 Å². The fourth-order valence-corrected chi connectivity index (χ4v) is 5.53. The molecule has 0 bridgehead atoms. The van der Waals surface area contributed by atoms with Gasteiger partial charge in [-0.2, -0.15) is 14.9 Å². The van der Waals surface area contributed by atoms with E-state index in [9.17, 15) is 4.79 Å². The van der Waals surface area contributed by atoms with Crippen molar-refractivity contribution in [2.75, 3.05) is 43.1 Å². The van der Waals surface area contributed by atoms with Crippen molar-refractivity contribution in [2.24, 2.45) is 0 Å². The highest BCUT2D eigenvalue weighted by Gasteiger charge is 2.25. The monoisotopic (exact) mass is 500 g/mol. The molecule has 6 rings (SSSR count). The molecule has 2 aliphatic heterocycles. The fourth-order valence-electron chi connectivity index (χ4n) is 5.53. The number of rotatable bonds is 4. The predicted molar refractivity (Wildman–Crippen MR) is 143 cm³/mol. The van der Waals surface area contributed by atoms with E-state index in [1.54, 1.807) is 10.9 Å². The zero-order valence-electron chi connectivity index (χ0n) is 21.5. The molecule has 2 fully saturated rings. The Morgan fingerprint density at radius 2 is 1.89 bits per heavy atom. The summed E-state index contributed by atoms with van der Waals surface area (Å²) < 4.78 is 7.46. The van der Waals surface area contributed by atoms with Gasteiger partial charge in [-0.15, -0.1) is 0 Å². The Hall–Kier alpha value is -3.92. The van der Waals surface area contributed by atoms with E-state index in [0.717, 1.165) is 77.3 Å². The molecule has 5 heterocycles. The summed E-state index contributed by atoms with van der Waals surface area (Å²) in [6.07, 6.45) is 5.78. The van der Waals surface area contributed by atoms with Gasteiger partial charge in [0, 0.05) is 43.0 Å². The number of fused-ring (bicyclic) bond motifs is 1. The second kappa shape index (κ2) is 9.51. The van der Waals surface area contributed by atoms with Crippen molar-refractivity contribution in [3.8, 4) is 16.9 Å². The lowest BCUT2D eigenvalue weighted by atomic mass is 9.93. The number of amides is 2. The lowest BCUT2D eigenvalue weighted by molar-refractivity contribution is 0.0985. The third kappa shape index (κ3) is 4.31. The van der Waals surface area contributed by atoms with E-state index in [4.69, 9.17) is 9.72 Å². The zero-order chi connectivity index (χ0) is 25.5. The number of benzene rings is 1. The van der Waals surface area contributed by atoms with Gasteiger partial charge in [0.15, 0.2) is 11.5 Å². The molecule has 192 valence electrons. The average Bonchev–Trinajstić information content (AvgIpc) is 3.65. The number of anilines is 2. The van der Waals surface area contributed by atoms with Crippen LogP contribution < -0.4 is 10.2 Å². The first-order chi connectivity index (χ1) is 18.0. The quantitative estimate of drug-likeness (QED) is 0.433. The normalized spacial score (nSPS) is 18.1. The Morgan fingerprint density at radius 3 is 2.59 bits per heavy atom. The lowest BCUT2D eigenvalue weighted by Gasteiger charge is -2.34. The fraction of sp³-hybridized carbons (Fsp3) is 0.407. The molecule has 0 radical (unpaired) electrons. The molecule has 10 heteroatoms. The number of carbonyl (C=O) groups is 1. The van der Waals surface area contributed by atoms with Crippen molar-refractivity contribution in [2.45, 2.75) is 39.7 Å². The van der Waals surface area contributed by atoms with Gasteiger partial charge in [0.25, 0.3) is 0 Å². The summed E-state index contributed by atoms with van der Waals surface area (Å²) in [6, 6.07) is 8.33. The SMILES string of the molecule is Cc1cc(NC(=O)N2CCCC2)cc(C)c1-c1cc(N2CCOC[C@H]2C)nc2c1cnn2-c1cc[nH]n1. The molecule has 0 aliphatic carbocycles. The molecule has 1 atom stereocenters. The highest BCUT2D eigenvalue weighted by Crippen LogP contribution is 2.38. The Morgan fingerprint density at radius 1 is 1.11 bits per heavy atom. The maximum atomic E-state index is 12.7. The van der Waals surface area contributed by atoms with E-state index >= 15 is 0 Å². The number of nitrogens with zero attached hydrogens (tertiary/aromatic N) is 6. The third-order valence-electron chi connectivity index (χ3n) is 7.34. The second-order valence-corrected chi connectivity index (χ2v) is 9.98. The van der Waals surface area contributed by atoms with Crippen LogP contribution in [0.4, 0.5) is 16.3 Å². The van der Waals surface area contributed by atoms with Crippen LogP contribution in [-0.2, 0) is 4.74 Å². The standard InChI is InChI=1S/C27H32N8O2/c1-17-12-20(30-27(36)33-8-4-5-9-33)13-18(2)25(17)21-14-24(34-10-11-37-16-19(34)3)31-26-22(21)15-29-35(26)23-6-7-28-32-23/h6-7,12-15,19H,4-5,8-11,16H2,1-3H3,(H,28,32)(H,30,36)/t19-/m1/s1. The number of hydrogen-bond donors (Lipinski definition) is 2. The van der Waals surface area contributed by atoms with Crippen molar-refractivity contribution in [3.63, 3.8) is 0 Å². The van der Waals surface area contributed by atoms with Gasteiger partial charge in [0.2, 0.25) is 0 Å². The summed E-state index contributed by atoms with van der Waals surface area (Å²) in [5.74, 6) is 1.58. The van der Waals surface area contributed by atoms with Crippen molar-refractivity contribution in [1.29, 1.82) is 0 Å². The third-order valence-corrected chi connectivity index (χ3v) is 7.34. The largest absolute Gasteiger partial charge is 0.377 e. The number of ether oxygens (including phenoxy) is 1. The van der Waals surface area contributed by atoms with Crippen LogP contribution in [0.1, 0.15) is 30.9 Å². The molecule has 0 spiro atoms. The second-order valence-electron chi connectivity index (χ2n) is 9.98. The predicted octanol–water partition coefficient (Wildman–Crippen LogP) is 4.28. The number of aromatic nitrogens is 5. The molecule has 1 aromatic carbocycles. The number of likely N-dealkylation sites (tertiary alicyclic amines) is 1. The highest BCUT2D eigenvalue weighted by atomic mass is 16.5. The van der Waals surface area contributed by atoms with Gasteiger partial charge in [-0.3, -0.25) is 5.10 Å². The minimum absolute atomic E-state index is 0.0285. The first-order valence-electron chi connectivity index (χ1n) is 12.9. The zero-order valence-corrected chi connectivity index (χ0v) is 21.5. The number of urea groups is 1. The number of morpholine rings is 1. The maximum Gasteiger partial charge on any atom is 0.321 e. The topological polar surface area (TPSA) is 104 Å². The van der Waals surface area contributed by atoms with Crippen molar-refractivity contribution < 1.29 is 9.53 Å². The smallest absolute Gasteiger partial charge is 0.321 e. The highest BCUT2D eigenvalue weighted by molar-refractivity contribution is 5.98. The Balaban J connectivity index is 1.46. The first-order valence-corrected chi connectivity index (χ1v) is 12.9. The molecule has 10 nitrogen and oxygen atoms in total. The molecule has 3 aromatic heterocycles. The van der Waals surface area contributed by atoms with Crippen molar-refractivity contribution >= 4 is 28.6 Å². The summed E-state index contributed by atoms with van der Waals surface area (Å²) in [5.41, 5.74) is 5.91. The molecule has 4 aromatic rings. The van der Waals surface area contributed by atoms with Gasteiger partial charge in [-0.05, 0) is 74.1 Å². The van der Waals surface area contributed by atoms with E-state index in [1.165, 1.54) is 0 Å². The number of hydrogen-bond acceptors (Lipinski definition) is 6. The van der Waals surface area contributed by atoms with Crippen LogP contribution in [0.5, 0.6) is 0 Å². The molecule has 2 N–H and O–H groups in total. The lowest BCUT2D eigenvalue weighted by Crippen LogP contribution is -2.44.